The molecule has 1 aromatic rings. The second-order valence-electron chi connectivity index (χ2n) is 3.23. The number of benzene rings is 1. The van der Waals surface area contributed by atoms with Crippen LogP contribution in [0.2, 0.25) is 0 Å². The molecule has 82 valence electrons. The van der Waals surface area contributed by atoms with E-state index in [1.165, 1.54) is 18.2 Å². The average molecular weight is 212 g/mol. The molecule has 1 atom stereocenters. The van der Waals surface area contributed by atoms with E-state index in [1.807, 2.05) is 0 Å². The third-order valence-corrected chi connectivity index (χ3v) is 1.92. The van der Waals surface area contributed by atoms with Gasteiger partial charge in [0.05, 0.1) is 0 Å². The number of amides is 1. The molecule has 0 spiro atoms. The Morgan fingerprint density at radius 1 is 1.60 bits per heavy atom. The van der Waals surface area contributed by atoms with Crippen molar-refractivity contribution in [3.8, 4) is 5.75 Å². The normalized spacial score (nSPS) is 12.2. The molecule has 1 unspecified atom stereocenters. The largest absolute Gasteiger partial charge is 0.491 e. The van der Waals surface area contributed by atoms with Gasteiger partial charge in [0.15, 0.2) is 0 Å². The summed E-state index contributed by atoms with van der Waals surface area (Å²) in [6.07, 6.45) is 0. The highest BCUT2D eigenvalue weighted by Gasteiger charge is 2.10. The van der Waals surface area contributed by atoms with Crippen LogP contribution in [0.5, 0.6) is 5.75 Å². The minimum atomic E-state index is -0.852. The van der Waals surface area contributed by atoms with E-state index in [2.05, 4.69) is 0 Å². The van der Waals surface area contributed by atoms with Crippen molar-refractivity contribution in [1.82, 2.24) is 0 Å². The first-order chi connectivity index (χ1) is 7.00. The lowest BCUT2D eigenvalue weighted by Gasteiger charge is -2.10. The smallest absolute Gasteiger partial charge is 0.237 e. The first-order valence-corrected chi connectivity index (χ1v) is 4.44. The highest BCUT2D eigenvalue weighted by Crippen LogP contribution is 2.15. The summed E-state index contributed by atoms with van der Waals surface area (Å²) in [5, 5.41) is 0. The van der Waals surface area contributed by atoms with Gasteiger partial charge in [-0.15, -0.1) is 0 Å². The minimum Gasteiger partial charge on any atom is -0.491 e. The maximum Gasteiger partial charge on any atom is 0.237 e. The molecule has 0 saturated heterocycles. The molecule has 1 rings (SSSR count). The van der Waals surface area contributed by atoms with E-state index in [0.717, 1.165) is 0 Å². The van der Waals surface area contributed by atoms with Crippen molar-refractivity contribution in [3.05, 3.63) is 29.6 Å². The lowest BCUT2D eigenvalue weighted by molar-refractivity contribution is -0.119. The summed E-state index contributed by atoms with van der Waals surface area (Å²) in [5.74, 6) is -0.471. The lowest BCUT2D eigenvalue weighted by atomic mass is 10.2. The van der Waals surface area contributed by atoms with Crippen LogP contribution < -0.4 is 16.2 Å². The molecule has 0 aliphatic heterocycles. The fourth-order valence-electron chi connectivity index (χ4n) is 0.975. The molecule has 0 saturated carbocycles. The van der Waals surface area contributed by atoms with E-state index in [0.29, 0.717) is 11.3 Å². The summed E-state index contributed by atoms with van der Waals surface area (Å²) < 4.78 is 18.0. The Morgan fingerprint density at radius 3 is 2.80 bits per heavy atom. The minimum absolute atomic E-state index is 0.0135. The summed E-state index contributed by atoms with van der Waals surface area (Å²) >= 11 is 0. The van der Waals surface area contributed by atoms with Crippen LogP contribution in [0, 0.1) is 12.7 Å². The van der Waals surface area contributed by atoms with Gasteiger partial charge in [-0.25, -0.2) is 4.39 Å². The Hall–Kier alpha value is -1.62. The van der Waals surface area contributed by atoms with E-state index in [-0.39, 0.29) is 12.4 Å². The van der Waals surface area contributed by atoms with Gasteiger partial charge in [0.2, 0.25) is 5.91 Å². The summed E-state index contributed by atoms with van der Waals surface area (Å²) in [4.78, 5) is 10.6. The van der Waals surface area contributed by atoms with Crippen LogP contribution in [0.15, 0.2) is 18.2 Å². The van der Waals surface area contributed by atoms with Crippen LogP contribution in [0.4, 0.5) is 4.39 Å². The monoisotopic (exact) mass is 212 g/mol. The highest BCUT2D eigenvalue weighted by atomic mass is 19.1. The summed E-state index contributed by atoms with van der Waals surface area (Å²) in [6.45, 7) is 1.61. The van der Waals surface area contributed by atoms with Crippen LogP contribution in [-0.4, -0.2) is 18.6 Å². The molecule has 0 radical (unpaired) electrons. The second kappa shape index (κ2) is 4.75. The first kappa shape index (κ1) is 11.5. The summed E-state index contributed by atoms with van der Waals surface area (Å²) in [7, 11) is 0. The number of hydrogen-bond donors (Lipinski definition) is 2. The number of carbonyl (C=O) groups excluding carboxylic acids is 1. The topological polar surface area (TPSA) is 78.3 Å². The van der Waals surface area contributed by atoms with Gasteiger partial charge in [-0.2, -0.15) is 0 Å². The van der Waals surface area contributed by atoms with Gasteiger partial charge in [0.25, 0.3) is 0 Å². The highest BCUT2D eigenvalue weighted by molar-refractivity contribution is 5.79. The van der Waals surface area contributed by atoms with E-state index < -0.39 is 11.9 Å². The Balaban J connectivity index is 2.58. The predicted octanol–water partition coefficient (Wildman–Crippen LogP) is 0.326. The van der Waals surface area contributed by atoms with Crippen molar-refractivity contribution in [3.63, 3.8) is 0 Å². The Bertz CT molecular complexity index is 368. The maximum atomic E-state index is 12.9. The number of ether oxygens (including phenoxy) is 1. The SMILES string of the molecule is Cc1cc(OCC(N)C(N)=O)ccc1F. The number of nitrogens with two attached hydrogens (primary N) is 2. The lowest BCUT2D eigenvalue weighted by Crippen LogP contribution is -2.41. The van der Waals surface area contributed by atoms with Crippen LogP contribution in [0.1, 0.15) is 5.56 Å². The van der Waals surface area contributed by atoms with Gasteiger partial charge in [-0.1, -0.05) is 0 Å². The Kier molecular flexibility index (Phi) is 3.62. The fraction of sp³-hybridized carbons (Fsp3) is 0.300. The molecule has 0 aliphatic rings. The number of hydrogen-bond acceptors (Lipinski definition) is 3. The molecule has 0 bridgehead atoms. The van der Waals surface area contributed by atoms with Gasteiger partial charge < -0.3 is 16.2 Å². The van der Waals surface area contributed by atoms with Crippen molar-refractivity contribution < 1.29 is 13.9 Å². The molecule has 15 heavy (non-hydrogen) atoms. The number of aryl methyl sites for hydroxylation is 1. The third kappa shape index (κ3) is 3.21. The molecule has 0 heterocycles. The van der Waals surface area contributed by atoms with Gasteiger partial charge in [0.1, 0.15) is 24.2 Å². The molecule has 0 fully saturated rings. The third-order valence-electron chi connectivity index (χ3n) is 1.92. The standard InChI is InChI=1S/C10H13FN2O2/c1-6-4-7(2-3-8(6)11)15-5-9(12)10(13)14/h2-4,9H,5,12H2,1H3,(H2,13,14). The fourth-order valence-corrected chi connectivity index (χ4v) is 0.975. The quantitative estimate of drug-likeness (QED) is 0.754. The first-order valence-electron chi connectivity index (χ1n) is 4.44. The zero-order valence-corrected chi connectivity index (χ0v) is 8.37. The van der Waals surface area contributed by atoms with Crippen LogP contribution in [0.3, 0.4) is 0 Å². The molecule has 0 aliphatic carbocycles. The second-order valence-corrected chi connectivity index (χ2v) is 3.23. The molecule has 1 amide bonds. The van der Waals surface area contributed by atoms with Crippen molar-refractivity contribution >= 4 is 5.91 Å². The van der Waals surface area contributed by atoms with Gasteiger partial charge >= 0.3 is 0 Å². The van der Waals surface area contributed by atoms with Crippen LogP contribution >= 0.6 is 0 Å². The van der Waals surface area contributed by atoms with Crippen molar-refractivity contribution in [2.24, 2.45) is 11.5 Å². The Morgan fingerprint density at radius 2 is 2.27 bits per heavy atom. The van der Waals surface area contributed by atoms with Gasteiger partial charge in [0, 0.05) is 0 Å². The van der Waals surface area contributed by atoms with Crippen molar-refractivity contribution in [2.45, 2.75) is 13.0 Å². The number of halogens is 1. The molecule has 1 aromatic carbocycles. The van der Waals surface area contributed by atoms with Gasteiger partial charge in [-0.05, 0) is 30.7 Å². The maximum absolute atomic E-state index is 12.9. The van der Waals surface area contributed by atoms with Crippen LogP contribution in [-0.2, 0) is 4.79 Å². The van der Waals surface area contributed by atoms with Gasteiger partial charge in [-0.3, -0.25) is 4.79 Å². The van der Waals surface area contributed by atoms with E-state index in [1.54, 1.807) is 6.92 Å². The zero-order chi connectivity index (χ0) is 11.4. The summed E-state index contributed by atoms with van der Waals surface area (Å²) in [5.41, 5.74) is 10.8. The average Bonchev–Trinajstić information content (AvgIpc) is 2.19. The van der Waals surface area contributed by atoms with Crippen molar-refractivity contribution in [1.29, 1.82) is 0 Å². The van der Waals surface area contributed by atoms with E-state index in [4.69, 9.17) is 16.2 Å². The van der Waals surface area contributed by atoms with E-state index in [9.17, 15) is 9.18 Å². The zero-order valence-electron chi connectivity index (χ0n) is 8.37. The molecule has 5 heteroatoms. The summed E-state index contributed by atoms with van der Waals surface area (Å²) in [6, 6.07) is 3.44. The number of rotatable bonds is 4. The molecular weight excluding hydrogens is 199 g/mol. The van der Waals surface area contributed by atoms with E-state index >= 15 is 0 Å². The number of carbonyl (C=O) groups is 1. The molecular formula is C10H13FN2O2. The number of primary amides is 1. The molecule has 4 nitrogen and oxygen atoms in total. The molecule has 4 N–H and O–H groups in total. The predicted molar refractivity (Wildman–Crippen MR) is 53.8 cm³/mol. The van der Waals surface area contributed by atoms with Crippen molar-refractivity contribution in [2.75, 3.05) is 6.61 Å². The Labute approximate surface area is 87.0 Å². The van der Waals surface area contributed by atoms with Crippen LogP contribution in [0.25, 0.3) is 0 Å². The molecule has 0 aromatic heterocycles.